The summed E-state index contributed by atoms with van der Waals surface area (Å²) in [6.07, 6.45) is 2.27. The maximum absolute atomic E-state index is 12.6. The average molecular weight is 523 g/mol. The first-order valence-electron chi connectivity index (χ1n) is 11.3. The first-order chi connectivity index (χ1) is 15.9. The molecule has 0 bridgehead atoms. The minimum absolute atomic E-state index is 0. The largest absolute Gasteiger partial charge is 0.507 e. The van der Waals surface area contributed by atoms with Crippen molar-refractivity contribution in [3.05, 3.63) is 63.5 Å². The molecule has 0 spiro atoms. The van der Waals surface area contributed by atoms with Crippen LogP contribution in [0.1, 0.15) is 36.5 Å². The molecule has 7 nitrogen and oxygen atoms in total. The highest BCUT2D eigenvalue weighted by Gasteiger charge is 2.19. The van der Waals surface area contributed by atoms with E-state index < -0.39 is 11.6 Å². The van der Waals surface area contributed by atoms with E-state index in [1.165, 1.54) is 25.6 Å². The number of aryl methyl sites for hydroxylation is 1. The second kappa shape index (κ2) is 12.2. The summed E-state index contributed by atoms with van der Waals surface area (Å²) in [6.45, 7) is 6.51. The number of halogens is 2. The van der Waals surface area contributed by atoms with Crippen LogP contribution in [0.4, 0.5) is 11.4 Å². The van der Waals surface area contributed by atoms with Gasteiger partial charge in [0.05, 0.1) is 24.7 Å². The fourth-order valence-electron chi connectivity index (χ4n) is 4.34. The molecule has 1 aromatic heterocycles. The van der Waals surface area contributed by atoms with Gasteiger partial charge >= 0.3 is 11.6 Å². The number of ether oxygens (including phenoxy) is 1. The van der Waals surface area contributed by atoms with E-state index >= 15 is 0 Å². The van der Waals surface area contributed by atoms with E-state index in [0.717, 1.165) is 24.7 Å². The Kier molecular flexibility index (Phi) is 9.86. The van der Waals surface area contributed by atoms with Crippen molar-refractivity contribution in [3.8, 4) is 5.75 Å². The molecule has 0 aliphatic carbocycles. The summed E-state index contributed by atoms with van der Waals surface area (Å²) < 4.78 is 10.2. The number of rotatable bonds is 6. The third kappa shape index (κ3) is 6.21. The van der Waals surface area contributed by atoms with Gasteiger partial charge in [-0.15, -0.1) is 24.8 Å². The molecular formula is C26H32Cl2N2O5. The summed E-state index contributed by atoms with van der Waals surface area (Å²) in [6, 6.07) is 11.5. The highest BCUT2D eigenvalue weighted by atomic mass is 35.5. The molecule has 190 valence electrons. The number of benzene rings is 2. The summed E-state index contributed by atoms with van der Waals surface area (Å²) in [7, 11) is 1.28. The second-order valence-electron chi connectivity index (χ2n) is 8.76. The number of nitrogens with one attached hydrogen (secondary N) is 1. The molecule has 0 unspecified atom stereocenters. The number of phenolic OH excluding ortho intramolecular Hbond substituents is 1. The summed E-state index contributed by atoms with van der Waals surface area (Å²) in [5.41, 5.74) is 3.23. The molecule has 1 saturated heterocycles. The number of hydrogen-bond donors (Lipinski definition) is 2. The number of phenols is 1. The number of carbonyl (C=O) groups is 1. The summed E-state index contributed by atoms with van der Waals surface area (Å²) >= 11 is 0. The van der Waals surface area contributed by atoms with E-state index in [2.05, 4.69) is 34.0 Å². The van der Waals surface area contributed by atoms with Crippen molar-refractivity contribution in [1.29, 1.82) is 0 Å². The maximum Gasteiger partial charge on any atom is 0.340 e. The maximum atomic E-state index is 12.6. The number of anilines is 2. The molecule has 1 aliphatic heterocycles. The van der Waals surface area contributed by atoms with Gasteiger partial charge in [-0.25, -0.2) is 4.79 Å². The number of esters is 1. The number of aromatic hydroxyl groups is 1. The van der Waals surface area contributed by atoms with Crippen molar-refractivity contribution >= 4 is 53.1 Å². The molecule has 1 aliphatic rings. The molecule has 2 N–H and O–H groups in total. The van der Waals surface area contributed by atoms with E-state index in [-0.39, 0.29) is 49.1 Å². The number of methoxy groups -OCH3 is 1. The molecule has 1 fully saturated rings. The molecule has 0 saturated carbocycles. The standard InChI is InChI=1S/C26H30N2O5.2ClH/c1-16-10-12-28(13-11-16)19-6-4-18(5-7-19)27-15-22-23(29)9-8-20-17(2)21(14-24(30)32-3)26(31)33-25(20)22;;/h4-9,16,27,29H,10-15H2,1-3H3;2*1H. The smallest absolute Gasteiger partial charge is 0.340 e. The summed E-state index contributed by atoms with van der Waals surface area (Å²) in [5.74, 6) is 0.320. The zero-order valence-electron chi connectivity index (χ0n) is 20.1. The van der Waals surface area contributed by atoms with E-state index in [4.69, 9.17) is 4.42 Å². The Morgan fingerprint density at radius 3 is 2.40 bits per heavy atom. The van der Waals surface area contributed by atoms with E-state index in [1.807, 2.05) is 12.1 Å². The van der Waals surface area contributed by atoms with E-state index in [0.29, 0.717) is 22.1 Å². The zero-order valence-corrected chi connectivity index (χ0v) is 21.8. The fourth-order valence-corrected chi connectivity index (χ4v) is 4.34. The Bertz CT molecular complexity index is 1220. The Balaban J connectivity index is 0.00000216. The van der Waals surface area contributed by atoms with Crippen LogP contribution in [0.25, 0.3) is 11.0 Å². The third-order valence-electron chi connectivity index (χ3n) is 6.57. The van der Waals surface area contributed by atoms with Gasteiger partial charge in [0.2, 0.25) is 0 Å². The third-order valence-corrected chi connectivity index (χ3v) is 6.57. The molecule has 3 aromatic rings. The first kappa shape index (κ1) is 28.3. The number of piperidine rings is 1. The first-order valence-corrected chi connectivity index (χ1v) is 11.3. The predicted molar refractivity (Wildman–Crippen MR) is 143 cm³/mol. The highest BCUT2D eigenvalue weighted by Crippen LogP contribution is 2.31. The Morgan fingerprint density at radius 1 is 1.11 bits per heavy atom. The van der Waals surface area contributed by atoms with Crippen molar-refractivity contribution in [2.75, 3.05) is 30.4 Å². The molecule has 2 heterocycles. The Labute approximate surface area is 217 Å². The summed E-state index contributed by atoms with van der Waals surface area (Å²) in [5, 5.41) is 14.5. The zero-order chi connectivity index (χ0) is 23.5. The molecule has 0 atom stereocenters. The number of nitrogens with zero attached hydrogens (tertiary/aromatic N) is 1. The van der Waals surface area contributed by atoms with Gasteiger partial charge in [-0.1, -0.05) is 6.92 Å². The molecule has 0 radical (unpaired) electrons. The van der Waals surface area contributed by atoms with Gasteiger partial charge in [-0.05, 0) is 67.6 Å². The predicted octanol–water partition coefficient (Wildman–Crippen LogP) is 5.21. The van der Waals surface area contributed by atoms with Gasteiger partial charge in [-0.2, -0.15) is 0 Å². The van der Waals surface area contributed by atoms with Crippen LogP contribution in [0, 0.1) is 12.8 Å². The van der Waals surface area contributed by atoms with Crippen LogP contribution in [0.5, 0.6) is 5.75 Å². The van der Waals surface area contributed by atoms with Gasteiger partial charge in [0.1, 0.15) is 11.3 Å². The lowest BCUT2D eigenvalue weighted by Gasteiger charge is -2.32. The number of fused-ring (bicyclic) bond motifs is 1. The van der Waals surface area contributed by atoms with Crippen LogP contribution in [0.2, 0.25) is 0 Å². The van der Waals surface area contributed by atoms with Crippen LogP contribution in [-0.4, -0.2) is 31.3 Å². The Morgan fingerprint density at radius 2 is 1.77 bits per heavy atom. The molecule has 35 heavy (non-hydrogen) atoms. The lowest BCUT2D eigenvalue weighted by Crippen LogP contribution is -2.32. The van der Waals surface area contributed by atoms with Gasteiger partial charge in [0.15, 0.2) is 0 Å². The van der Waals surface area contributed by atoms with Gasteiger partial charge in [0, 0.05) is 36.4 Å². The second-order valence-corrected chi connectivity index (χ2v) is 8.76. The van der Waals surface area contributed by atoms with Crippen LogP contribution >= 0.6 is 24.8 Å². The van der Waals surface area contributed by atoms with Gasteiger partial charge in [-0.3, -0.25) is 4.79 Å². The topological polar surface area (TPSA) is 92.0 Å². The highest BCUT2D eigenvalue weighted by molar-refractivity contribution is 5.87. The summed E-state index contributed by atoms with van der Waals surface area (Å²) in [4.78, 5) is 26.7. The fraction of sp³-hybridized carbons (Fsp3) is 0.385. The minimum Gasteiger partial charge on any atom is -0.507 e. The van der Waals surface area contributed by atoms with Gasteiger partial charge in [0.25, 0.3) is 0 Å². The molecular weight excluding hydrogens is 491 g/mol. The van der Waals surface area contributed by atoms with Crippen LogP contribution in [-0.2, 0) is 22.5 Å². The molecule has 0 amide bonds. The quantitative estimate of drug-likeness (QED) is 0.338. The normalized spacial score (nSPS) is 13.6. The number of carbonyl (C=O) groups excluding carboxylic acids is 1. The lowest BCUT2D eigenvalue weighted by atomic mass is 9.99. The minimum atomic E-state index is -0.600. The van der Waals surface area contributed by atoms with Crippen LogP contribution in [0.15, 0.2) is 45.6 Å². The van der Waals surface area contributed by atoms with Crippen LogP contribution < -0.4 is 15.8 Å². The SMILES string of the molecule is COC(=O)Cc1c(C)c2ccc(O)c(CNc3ccc(N4CCC(C)CC4)cc3)c2oc1=O.Cl.Cl. The average Bonchev–Trinajstić information content (AvgIpc) is 2.82. The Hall–Kier alpha value is -2.90. The van der Waals surface area contributed by atoms with Crippen molar-refractivity contribution in [1.82, 2.24) is 0 Å². The molecule has 4 rings (SSSR count). The van der Waals surface area contributed by atoms with Crippen molar-refractivity contribution < 1.29 is 19.1 Å². The van der Waals surface area contributed by atoms with Crippen LogP contribution in [0.3, 0.4) is 0 Å². The van der Waals surface area contributed by atoms with Gasteiger partial charge < -0.3 is 24.5 Å². The van der Waals surface area contributed by atoms with E-state index in [9.17, 15) is 14.7 Å². The molecule has 2 aromatic carbocycles. The van der Waals surface area contributed by atoms with Crippen molar-refractivity contribution in [2.24, 2.45) is 5.92 Å². The lowest BCUT2D eigenvalue weighted by molar-refractivity contribution is -0.139. The monoisotopic (exact) mass is 522 g/mol. The van der Waals surface area contributed by atoms with Crippen molar-refractivity contribution in [2.45, 2.75) is 39.7 Å². The van der Waals surface area contributed by atoms with E-state index in [1.54, 1.807) is 19.1 Å². The number of hydrogen-bond acceptors (Lipinski definition) is 7. The van der Waals surface area contributed by atoms with Crippen molar-refractivity contribution in [3.63, 3.8) is 0 Å². The molecule has 9 heteroatoms.